The summed E-state index contributed by atoms with van der Waals surface area (Å²) in [5.74, 6) is 0. The molecule has 0 fully saturated rings. The first-order chi connectivity index (χ1) is 15.8. The fraction of sp³-hybridized carbons (Fsp3) is 0. The van der Waals surface area contributed by atoms with Crippen LogP contribution in [0.5, 0.6) is 0 Å². The van der Waals surface area contributed by atoms with Gasteiger partial charge in [-0.05, 0) is 68.8 Å². The van der Waals surface area contributed by atoms with Crippen molar-refractivity contribution >= 4 is 48.6 Å². The molecule has 0 spiro atoms. The number of fused-ring (bicyclic) bond motifs is 8. The molecule has 5 rings (SSSR count). The van der Waals surface area contributed by atoms with E-state index in [9.17, 15) is 0 Å². The monoisotopic (exact) mass is 408 g/mol. The maximum atomic E-state index is 2.21. The molecule has 4 aromatic rings. The van der Waals surface area contributed by atoms with Gasteiger partial charge in [-0.15, -0.1) is 0 Å². The van der Waals surface area contributed by atoms with E-state index in [1.807, 2.05) is 0 Å². The minimum atomic E-state index is 1.19. The van der Waals surface area contributed by atoms with Gasteiger partial charge in [0.1, 0.15) is 0 Å². The van der Waals surface area contributed by atoms with Gasteiger partial charge < -0.3 is 0 Å². The molecule has 0 N–H and O–H groups in total. The lowest BCUT2D eigenvalue weighted by Gasteiger charge is -2.02. The Morgan fingerprint density at radius 1 is 0.219 bits per heavy atom. The smallest absolute Gasteiger partial charge is 0.0251 e. The molecule has 8 bridgehead atoms. The minimum Gasteiger partial charge on any atom is -0.0611 e. The number of benzene rings is 4. The van der Waals surface area contributed by atoms with E-state index in [0.29, 0.717) is 0 Å². The first-order valence-electron chi connectivity index (χ1n) is 10.9. The Bertz CT molecular complexity index is 1060. The highest BCUT2D eigenvalue weighted by Crippen LogP contribution is 2.18. The van der Waals surface area contributed by atoms with Crippen molar-refractivity contribution in [2.75, 3.05) is 0 Å². The quantitative estimate of drug-likeness (QED) is 0.240. The average molecular weight is 409 g/mol. The average Bonchev–Trinajstić information content (AvgIpc) is 2.84. The molecule has 0 saturated heterocycles. The highest BCUT2D eigenvalue weighted by molar-refractivity contribution is 5.78. The van der Waals surface area contributed by atoms with E-state index in [1.54, 1.807) is 0 Å². The van der Waals surface area contributed by atoms with E-state index in [-0.39, 0.29) is 0 Å². The molecular formula is C32H24. The van der Waals surface area contributed by atoms with Crippen LogP contribution in [0.2, 0.25) is 0 Å². The summed E-state index contributed by atoms with van der Waals surface area (Å²) in [6, 6.07) is 34.4. The van der Waals surface area contributed by atoms with Crippen LogP contribution in [0.15, 0.2) is 97.1 Å². The van der Waals surface area contributed by atoms with Crippen LogP contribution in [0.25, 0.3) is 48.6 Å². The van der Waals surface area contributed by atoms with Crippen LogP contribution in [0.4, 0.5) is 0 Å². The SMILES string of the molecule is C1=Cc2cccc(c2)C=Cc2cccc(c2)C=Cc2cccc(c2)C=Cc2cccc1c2. The third-order valence-electron chi connectivity index (χ3n) is 5.52. The Hall–Kier alpha value is -4.16. The van der Waals surface area contributed by atoms with Crippen molar-refractivity contribution in [1.29, 1.82) is 0 Å². The third-order valence-corrected chi connectivity index (χ3v) is 5.52. The van der Waals surface area contributed by atoms with E-state index in [0.717, 1.165) is 0 Å². The summed E-state index contributed by atoms with van der Waals surface area (Å²) in [6.07, 6.45) is 17.4. The Kier molecular flexibility index (Phi) is 5.76. The molecule has 0 amide bonds. The van der Waals surface area contributed by atoms with Gasteiger partial charge in [-0.1, -0.05) is 121 Å². The van der Waals surface area contributed by atoms with Crippen LogP contribution >= 0.6 is 0 Å². The van der Waals surface area contributed by atoms with E-state index in [1.165, 1.54) is 44.5 Å². The molecule has 0 atom stereocenters. The molecule has 0 nitrogen and oxygen atoms in total. The first kappa shape index (κ1) is 19.8. The van der Waals surface area contributed by atoms with Gasteiger partial charge in [-0.2, -0.15) is 0 Å². The van der Waals surface area contributed by atoms with E-state index in [4.69, 9.17) is 0 Å². The van der Waals surface area contributed by atoms with Crippen molar-refractivity contribution in [2.24, 2.45) is 0 Å². The van der Waals surface area contributed by atoms with Crippen molar-refractivity contribution < 1.29 is 0 Å². The lowest BCUT2D eigenvalue weighted by Crippen LogP contribution is -1.80. The van der Waals surface area contributed by atoms with Crippen LogP contribution in [0.1, 0.15) is 44.5 Å². The highest BCUT2D eigenvalue weighted by Gasteiger charge is 1.96. The van der Waals surface area contributed by atoms with Crippen LogP contribution in [-0.4, -0.2) is 0 Å². The summed E-state index contributed by atoms with van der Waals surface area (Å²) in [4.78, 5) is 0. The molecule has 152 valence electrons. The maximum Gasteiger partial charge on any atom is -0.0251 e. The van der Waals surface area contributed by atoms with Gasteiger partial charge in [0.05, 0.1) is 0 Å². The molecule has 0 saturated carbocycles. The second-order valence-electron chi connectivity index (χ2n) is 8.01. The van der Waals surface area contributed by atoms with Crippen LogP contribution in [-0.2, 0) is 0 Å². The Morgan fingerprint density at radius 2 is 0.375 bits per heavy atom. The minimum absolute atomic E-state index is 1.19. The third kappa shape index (κ3) is 5.11. The lowest BCUT2D eigenvalue weighted by atomic mass is 10.0. The topological polar surface area (TPSA) is 0 Å². The zero-order chi connectivity index (χ0) is 21.6. The lowest BCUT2D eigenvalue weighted by molar-refractivity contribution is 1.59. The molecule has 1 aliphatic carbocycles. The van der Waals surface area contributed by atoms with Gasteiger partial charge in [0.25, 0.3) is 0 Å². The van der Waals surface area contributed by atoms with E-state index in [2.05, 4.69) is 146 Å². The summed E-state index contributed by atoms with van der Waals surface area (Å²) in [6.45, 7) is 0. The number of hydrogen-bond acceptors (Lipinski definition) is 0. The predicted octanol–water partition coefficient (Wildman–Crippen LogP) is 8.68. The maximum absolute atomic E-state index is 2.21. The molecular weight excluding hydrogens is 384 g/mol. The number of hydrogen-bond donors (Lipinski definition) is 0. The fourth-order valence-electron chi connectivity index (χ4n) is 3.84. The van der Waals surface area contributed by atoms with Crippen LogP contribution in [0.3, 0.4) is 0 Å². The standard InChI is InChI=1S/C32H24/c1-5-25-13-15-27-7-2-9-29(22-27)17-19-31-11-4-12-32(24-31)20-18-30-10-3-8-28(23-30)16-14-26(6-1)21-25/h1-24H. The zero-order valence-electron chi connectivity index (χ0n) is 17.9. The van der Waals surface area contributed by atoms with Crippen molar-refractivity contribution in [1.82, 2.24) is 0 Å². The summed E-state index contributed by atoms with van der Waals surface area (Å²) in [7, 11) is 0. The van der Waals surface area contributed by atoms with Crippen molar-refractivity contribution in [3.05, 3.63) is 142 Å². The highest BCUT2D eigenvalue weighted by atomic mass is 14.0. The van der Waals surface area contributed by atoms with Gasteiger partial charge in [0, 0.05) is 0 Å². The molecule has 1 aliphatic rings. The van der Waals surface area contributed by atoms with Gasteiger partial charge in [-0.25, -0.2) is 0 Å². The summed E-state index contributed by atoms with van der Waals surface area (Å²) in [5.41, 5.74) is 9.53. The van der Waals surface area contributed by atoms with Crippen LogP contribution in [0, 0.1) is 0 Å². The van der Waals surface area contributed by atoms with Gasteiger partial charge in [0.2, 0.25) is 0 Å². The van der Waals surface area contributed by atoms with E-state index < -0.39 is 0 Å². The van der Waals surface area contributed by atoms with Crippen molar-refractivity contribution in [3.8, 4) is 0 Å². The van der Waals surface area contributed by atoms with Crippen molar-refractivity contribution in [3.63, 3.8) is 0 Å². The van der Waals surface area contributed by atoms with Crippen molar-refractivity contribution in [2.45, 2.75) is 0 Å². The van der Waals surface area contributed by atoms with Crippen LogP contribution < -0.4 is 0 Å². The Balaban J connectivity index is 1.58. The second kappa shape index (κ2) is 9.32. The normalized spacial score (nSPS) is 12.5. The summed E-state index contributed by atoms with van der Waals surface area (Å²) < 4.78 is 0. The summed E-state index contributed by atoms with van der Waals surface area (Å²) >= 11 is 0. The second-order valence-corrected chi connectivity index (χ2v) is 8.01. The molecule has 32 heavy (non-hydrogen) atoms. The molecule has 0 unspecified atom stereocenters. The zero-order valence-corrected chi connectivity index (χ0v) is 17.9. The largest absolute Gasteiger partial charge is 0.0611 e. The fourth-order valence-corrected chi connectivity index (χ4v) is 3.84. The Labute approximate surface area is 190 Å². The predicted molar refractivity (Wildman–Crippen MR) is 141 cm³/mol. The molecule has 0 aromatic heterocycles. The molecule has 0 heterocycles. The molecule has 4 aromatic carbocycles. The first-order valence-corrected chi connectivity index (χ1v) is 10.9. The van der Waals surface area contributed by atoms with Gasteiger partial charge in [-0.3, -0.25) is 0 Å². The van der Waals surface area contributed by atoms with Gasteiger partial charge in [0.15, 0.2) is 0 Å². The Morgan fingerprint density at radius 3 is 0.531 bits per heavy atom. The van der Waals surface area contributed by atoms with E-state index >= 15 is 0 Å². The molecule has 0 radical (unpaired) electrons. The van der Waals surface area contributed by atoms with Gasteiger partial charge >= 0.3 is 0 Å². The number of rotatable bonds is 0. The summed E-state index contributed by atoms with van der Waals surface area (Å²) in [5, 5.41) is 0. The molecule has 0 aliphatic heterocycles. The molecule has 0 heteroatoms.